The molecule has 1 aliphatic rings. The average molecular weight is 196 g/mol. The van der Waals surface area contributed by atoms with E-state index >= 15 is 0 Å². The largest absolute Gasteiger partial charge is 0.478 e. The fraction of sp³-hybridized carbons (Fsp3) is 0. The van der Waals surface area contributed by atoms with Gasteiger partial charge in [-0.3, -0.25) is 0 Å². The summed E-state index contributed by atoms with van der Waals surface area (Å²) in [4.78, 5) is 11.0. The Kier molecular flexibility index (Phi) is 1.48. The van der Waals surface area contributed by atoms with Crippen molar-refractivity contribution in [2.24, 2.45) is 0 Å². The molecule has 0 fully saturated rings. The second kappa shape index (κ2) is 2.70. The summed E-state index contributed by atoms with van der Waals surface area (Å²) in [5.74, 6) is -0.870. The standard InChI is InChI=1S/C13H8O2/c14-13(15)11-7-6-9-5-4-8-2-1-3-10(11)12(8)9/h1-7H,(H,14,15). The van der Waals surface area contributed by atoms with Crippen molar-refractivity contribution in [3.05, 3.63) is 47.0 Å². The normalized spacial score (nSPS) is 12.3. The monoisotopic (exact) mass is 196 g/mol. The molecule has 2 heteroatoms. The van der Waals surface area contributed by atoms with Crippen molar-refractivity contribution in [2.75, 3.05) is 0 Å². The van der Waals surface area contributed by atoms with Gasteiger partial charge in [-0.05, 0) is 28.0 Å². The van der Waals surface area contributed by atoms with E-state index in [0.29, 0.717) is 5.56 Å². The smallest absolute Gasteiger partial charge is 0.336 e. The van der Waals surface area contributed by atoms with Gasteiger partial charge in [0.25, 0.3) is 0 Å². The Labute approximate surface area is 86.5 Å². The molecule has 0 bridgehead atoms. The number of aromatic carboxylic acids is 1. The molecule has 2 aromatic carbocycles. The molecule has 0 atom stereocenters. The molecule has 0 saturated heterocycles. The van der Waals surface area contributed by atoms with E-state index in [-0.39, 0.29) is 0 Å². The van der Waals surface area contributed by atoms with Crippen LogP contribution in [0.1, 0.15) is 21.5 Å². The maximum absolute atomic E-state index is 11.0. The van der Waals surface area contributed by atoms with Gasteiger partial charge in [0.15, 0.2) is 0 Å². The second-order valence-electron chi connectivity index (χ2n) is 3.61. The number of hydrogen-bond acceptors (Lipinski definition) is 1. The van der Waals surface area contributed by atoms with Gasteiger partial charge in [0, 0.05) is 0 Å². The number of carbonyl (C=O) groups is 1. The van der Waals surface area contributed by atoms with Gasteiger partial charge in [0.05, 0.1) is 5.56 Å². The summed E-state index contributed by atoms with van der Waals surface area (Å²) in [5, 5.41) is 10.9. The number of hydrogen-bond donors (Lipinski definition) is 1. The van der Waals surface area contributed by atoms with Crippen molar-refractivity contribution in [2.45, 2.75) is 0 Å². The van der Waals surface area contributed by atoms with E-state index in [1.165, 1.54) is 0 Å². The SMILES string of the molecule is O=C(O)c1ccc2c3c(cccc13)C=C2. The molecule has 2 nitrogen and oxygen atoms in total. The highest BCUT2D eigenvalue weighted by molar-refractivity contribution is 6.12. The third kappa shape index (κ3) is 1.02. The van der Waals surface area contributed by atoms with E-state index in [1.54, 1.807) is 6.07 Å². The van der Waals surface area contributed by atoms with Crippen LogP contribution in [-0.2, 0) is 0 Å². The van der Waals surface area contributed by atoms with Gasteiger partial charge in [0.2, 0.25) is 0 Å². The summed E-state index contributed by atoms with van der Waals surface area (Å²) in [6.45, 7) is 0. The summed E-state index contributed by atoms with van der Waals surface area (Å²) in [6.07, 6.45) is 4.03. The molecule has 2 aromatic rings. The van der Waals surface area contributed by atoms with Crippen LogP contribution in [0.4, 0.5) is 0 Å². The highest BCUT2D eigenvalue weighted by atomic mass is 16.4. The molecule has 0 unspecified atom stereocenters. The summed E-state index contributed by atoms with van der Waals surface area (Å²) < 4.78 is 0. The van der Waals surface area contributed by atoms with E-state index in [0.717, 1.165) is 21.9 Å². The van der Waals surface area contributed by atoms with Crippen LogP contribution in [-0.4, -0.2) is 11.1 Å². The van der Waals surface area contributed by atoms with Gasteiger partial charge >= 0.3 is 5.97 Å². The van der Waals surface area contributed by atoms with Gasteiger partial charge in [-0.15, -0.1) is 0 Å². The number of rotatable bonds is 1. The van der Waals surface area contributed by atoms with E-state index in [4.69, 9.17) is 5.11 Å². The van der Waals surface area contributed by atoms with Crippen LogP contribution in [0.2, 0.25) is 0 Å². The molecular formula is C13H8O2. The molecule has 0 aliphatic heterocycles. The van der Waals surface area contributed by atoms with Crippen molar-refractivity contribution in [1.29, 1.82) is 0 Å². The van der Waals surface area contributed by atoms with Crippen molar-refractivity contribution < 1.29 is 9.90 Å². The van der Waals surface area contributed by atoms with Gasteiger partial charge in [-0.25, -0.2) is 4.79 Å². The molecule has 0 heterocycles. The van der Waals surface area contributed by atoms with Crippen molar-refractivity contribution in [3.63, 3.8) is 0 Å². The lowest BCUT2D eigenvalue weighted by Crippen LogP contribution is -1.97. The first-order valence-corrected chi connectivity index (χ1v) is 4.74. The van der Waals surface area contributed by atoms with Crippen LogP contribution in [0.25, 0.3) is 22.9 Å². The fourth-order valence-electron chi connectivity index (χ4n) is 2.11. The van der Waals surface area contributed by atoms with Crippen LogP contribution < -0.4 is 0 Å². The molecule has 0 aromatic heterocycles. The van der Waals surface area contributed by atoms with Crippen LogP contribution in [0.15, 0.2) is 30.3 Å². The Bertz CT molecular complexity index is 597. The van der Waals surface area contributed by atoms with Crippen LogP contribution in [0.5, 0.6) is 0 Å². The van der Waals surface area contributed by atoms with Gasteiger partial charge < -0.3 is 5.11 Å². The fourth-order valence-corrected chi connectivity index (χ4v) is 2.11. The third-order valence-electron chi connectivity index (χ3n) is 2.78. The molecule has 1 N–H and O–H groups in total. The molecule has 72 valence electrons. The first-order chi connectivity index (χ1) is 7.27. The van der Waals surface area contributed by atoms with Gasteiger partial charge in [-0.2, -0.15) is 0 Å². The first-order valence-electron chi connectivity index (χ1n) is 4.74. The molecule has 0 spiro atoms. The van der Waals surface area contributed by atoms with Crippen LogP contribution in [0.3, 0.4) is 0 Å². The highest BCUT2D eigenvalue weighted by Crippen LogP contribution is 2.32. The summed E-state index contributed by atoms with van der Waals surface area (Å²) in [6, 6.07) is 9.28. The third-order valence-corrected chi connectivity index (χ3v) is 2.78. The predicted octanol–water partition coefficient (Wildman–Crippen LogP) is 3.02. The van der Waals surface area contributed by atoms with Crippen LogP contribution in [0, 0.1) is 0 Å². The molecule has 1 aliphatic carbocycles. The predicted molar refractivity (Wildman–Crippen MR) is 59.8 cm³/mol. The Morgan fingerprint density at radius 3 is 2.47 bits per heavy atom. The summed E-state index contributed by atoms with van der Waals surface area (Å²) in [7, 11) is 0. The molecule has 3 rings (SSSR count). The maximum atomic E-state index is 11.0. The minimum Gasteiger partial charge on any atom is -0.478 e. The van der Waals surface area contributed by atoms with Crippen LogP contribution >= 0.6 is 0 Å². The molecule has 0 amide bonds. The highest BCUT2D eigenvalue weighted by Gasteiger charge is 2.14. The zero-order valence-corrected chi connectivity index (χ0v) is 7.90. The van der Waals surface area contributed by atoms with E-state index in [9.17, 15) is 4.79 Å². The number of benzene rings is 2. The average Bonchev–Trinajstić information content (AvgIpc) is 2.64. The topological polar surface area (TPSA) is 37.3 Å². The Morgan fingerprint density at radius 2 is 1.73 bits per heavy atom. The zero-order chi connectivity index (χ0) is 10.4. The lowest BCUT2D eigenvalue weighted by atomic mass is 9.99. The van der Waals surface area contributed by atoms with Crippen molar-refractivity contribution >= 4 is 28.9 Å². The number of carboxylic acid groups (broad SMARTS) is 1. The van der Waals surface area contributed by atoms with E-state index in [2.05, 4.69) is 0 Å². The summed E-state index contributed by atoms with van der Waals surface area (Å²) >= 11 is 0. The zero-order valence-electron chi connectivity index (χ0n) is 7.90. The Hall–Kier alpha value is -2.09. The van der Waals surface area contributed by atoms with Gasteiger partial charge in [0.1, 0.15) is 0 Å². The Morgan fingerprint density at radius 1 is 1.00 bits per heavy atom. The van der Waals surface area contributed by atoms with Gasteiger partial charge in [-0.1, -0.05) is 36.4 Å². The second-order valence-corrected chi connectivity index (χ2v) is 3.61. The van der Waals surface area contributed by atoms with E-state index < -0.39 is 5.97 Å². The minimum atomic E-state index is -0.870. The quantitative estimate of drug-likeness (QED) is 0.649. The molecular weight excluding hydrogens is 188 g/mol. The Balaban J connectivity index is 2.52. The first kappa shape index (κ1) is 8.24. The maximum Gasteiger partial charge on any atom is 0.336 e. The van der Waals surface area contributed by atoms with Crippen molar-refractivity contribution in [3.8, 4) is 0 Å². The molecule has 0 radical (unpaired) electrons. The summed E-state index contributed by atoms with van der Waals surface area (Å²) in [5.41, 5.74) is 2.58. The van der Waals surface area contributed by atoms with E-state index in [1.807, 2.05) is 36.4 Å². The molecule has 15 heavy (non-hydrogen) atoms. The molecule has 0 saturated carbocycles. The lowest BCUT2D eigenvalue weighted by molar-refractivity contribution is 0.0699. The number of carboxylic acids is 1. The lowest BCUT2D eigenvalue weighted by Gasteiger charge is -2.04. The minimum absolute atomic E-state index is 0.374. The van der Waals surface area contributed by atoms with Crippen molar-refractivity contribution in [1.82, 2.24) is 0 Å².